The highest BCUT2D eigenvalue weighted by molar-refractivity contribution is 5.75. The second-order valence-corrected chi connectivity index (χ2v) is 11.7. The van der Waals surface area contributed by atoms with Crippen LogP contribution in [0.2, 0.25) is 0 Å². The molecule has 0 radical (unpaired) electrons. The molecular formula is C26H41N3O4. The minimum Gasteiger partial charge on any atom is -0.472 e. The number of nitrogens with zero attached hydrogens (tertiary/aromatic N) is 1. The average molecular weight is 460 g/mol. The van der Waals surface area contributed by atoms with E-state index in [4.69, 9.17) is 20.6 Å². The first-order valence-corrected chi connectivity index (χ1v) is 12.8. The summed E-state index contributed by atoms with van der Waals surface area (Å²) in [5.74, 6) is 1.45. The van der Waals surface area contributed by atoms with Gasteiger partial charge in [-0.15, -0.1) is 0 Å². The summed E-state index contributed by atoms with van der Waals surface area (Å²) < 4.78 is 11.5. The summed E-state index contributed by atoms with van der Waals surface area (Å²) in [6, 6.07) is 1.87. The van der Waals surface area contributed by atoms with Crippen molar-refractivity contribution < 1.29 is 19.4 Å². The van der Waals surface area contributed by atoms with Crippen molar-refractivity contribution in [1.29, 1.82) is 0 Å². The van der Waals surface area contributed by atoms with Crippen molar-refractivity contribution >= 4 is 5.96 Å². The van der Waals surface area contributed by atoms with Gasteiger partial charge in [-0.25, -0.2) is 0 Å². The van der Waals surface area contributed by atoms with E-state index in [0.717, 1.165) is 50.5 Å². The Bertz CT molecular complexity index is 886. The molecule has 184 valence electrons. The van der Waals surface area contributed by atoms with Crippen molar-refractivity contribution in [1.82, 2.24) is 0 Å². The molecule has 0 saturated heterocycles. The Labute approximate surface area is 197 Å². The molecule has 7 nitrogen and oxygen atoms in total. The molecular weight excluding hydrogens is 418 g/mol. The minimum absolute atomic E-state index is 0.113. The molecule has 7 heteroatoms. The van der Waals surface area contributed by atoms with Gasteiger partial charge >= 0.3 is 0 Å². The van der Waals surface area contributed by atoms with Gasteiger partial charge in [-0.3, -0.25) is 4.99 Å². The highest BCUT2D eigenvalue weighted by Gasteiger charge is 2.72. The lowest BCUT2D eigenvalue weighted by Crippen LogP contribution is -2.64. The summed E-state index contributed by atoms with van der Waals surface area (Å²) in [6.07, 6.45) is 12.1. The van der Waals surface area contributed by atoms with Crippen molar-refractivity contribution in [2.75, 3.05) is 13.2 Å². The minimum atomic E-state index is -1.03. The molecule has 1 heterocycles. The quantitative estimate of drug-likeness (QED) is 0.304. The lowest BCUT2D eigenvalue weighted by molar-refractivity contribution is -0.239. The van der Waals surface area contributed by atoms with E-state index in [1.807, 2.05) is 6.07 Å². The van der Waals surface area contributed by atoms with Crippen LogP contribution in [0.3, 0.4) is 0 Å². The maximum absolute atomic E-state index is 12.3. The summed E-state index contributed by atoms with van der Waals surface area (Å²) in [5.41, 5.74) is 9.43. The molecule has 0 unspecified atom stereocenters. The first kappa shape index (κ1) is 23.2. The van der Waals surface area contributed by atoms with Gasteiger partial charge in [-0.2, -0.15) is 0 Å². The molecule has 8 atom stereocenters. The van der Waals surface area contributed by atoms with Crippen molar-refractivity contribution in [3.05, 3.63) is 24.2 Å². The molecule has 0 amide bonds. The zero-order valence-corrected chi connectivity index (χ0v) is 20.1. The van der Waals surface area contributed by atoms with Crippen LogP contribution in [0.25, 0.3) is 0 Å². The van der Waals surface area contributed by atoms with Crippen LogP contribution in [0.5, 0.6) is 0 Å². The number of nitrogens with two attached hydrogens (primary N) is 2. The zero-order chi connectivity index (χ0) is 23.5. The SMILES string of the molecule is C[C@]12CC[C@H](OCCN=C(N)N)C[C@H]1CC[C@@H]1[C@@H]2CC[C@]2(C)[C@@](O)(c3ccoc3)CC[C@]12O. The smallest absolute Gasteiger partial charge is 0.185 e. The van der Waals surface area contributed by atoms with E-state index in [-0.39, 0.29) is 23.4 Å². The molecule has 4 fully saturated rings. The van der Waals surface area contributed by atoms with Gasteiger partial charge in [0.15, 0.2) is 5.96 Å². The Morgan fingerprint density at radius 2 is 1.91 bits per heavy atom. The summed E-state index contributed by atoms with van der Waals surface area (Å²) >= 11 is 0. The van der Waals surface area contributed by atoms with Crippen LogP contribution in [0, 0.1) is 28.6 Å². The Balaban J connectivity index is 1.32. The van der Waals surface area contributed by atoms with Crippen molar-refractivity contribution in [3.63, 3.8) is 0 Å². The van der Waals surface area contributed by atoms with Gasteiger partial charge in [0, 0.05) is 11.0 Å². The van der Waals surface area contributed by atoms with Crippen LogP contribution in [0.15, 0.2) is 28.0 Å². The second-order valence-electron chi connectivity index (χ2n) is 11.7. The second kappa shape index (κ2) is 7.99. The first-order valence-electron chi connectivity index (χ1n) is 12.8. The largest absolute Gasteiger partial charge is 0.472 e. The van der Waals surface area contributed by atoms with E-state index in [0.29, 0.717) is 37.8 Å². The van der Waals surface area contributed by atoms with E-state index in [9.17, 15) is 10.2 Å². The summed E-state index contributed by atoms with van der Waals surface area (Å²) in [7, 11) is 0. The first-order chi connectivity index (χ1) is 15.6. The van der Waals surface area contributed by atoms with Gasteiger partial charge in [0.05, 0.1) is 37.4 Å². The van der Waals surface area contributed by atoms with Crippen molar-refractivity contribution in [3.8, 4) is 0 Å². The lowest BCUT2D eigenvalue weighted by atomic mass is 9.43. The molecule has 0 bridgehead atoms. The Kier molecular flexibility index (Phi) is 5.61. The zero-order valence-electron chi connectivity index (χ0n) is 20.1. The van der Waals surface area contributed by atoms with Gasteiger partial charge in [-0.05, 0) is 87.0 Å². The maximum atomic E-state index is 12.3. The van der Waals surface area contributed by atoms with Crippen LogP contribution >= 0.6 is 0 Å². The fourth-order valence-corrected chi connectivity index (χ4v) is 8.71. The van der Waals surface area contributed by atoms with Gasteiger partial charge in [0.1, 0.15) is 5.60 Å². The number of guanidine groups is 1. The van der Waals surface area contributed by atoms with Gasteiger partial charge in [-0.1, -0.05) is 13.8 Å². The standard InChI is InChI=1S/C26H41N3O4/c1-23-8-5-19(33-14-12-29-22(27)28)15-17(23)3-4-21-20(23)6-9-24(2)25(30,10-11-26(21,24)31)18-7-13-32-16-18/h7,13,16-17,19-21,30-31H,3-6,8-12,14-15H2,1-2H3,(H4,27,28,29)/t17-,19+,20+,21-,23+,24-,25+,26+/m1/s1. The Morgan fingerprint density at radius 1 is 1.09 bits per heavy atom. The fraction of sp³-hybridized carbons (Fsp3) is 0.808. The third-order valence-corrected chi connectivity index (χ3v) is 10.7. The molecule has 5 rings (SSSR count). The molecule has 1 aromatic heterocycles. The molecule has 4 aliphatic rings. The van der Waals surface area contributed by atoms with E-state index in [1.54, 1.807) is 12.5 Å². The van der Waals surface area contributed by atoms with E-state index < -0.39 is 16.6 Å². The number of aliphatic imine (C=N–C) groups is 1. The third kappa shape index (κ3) is 3.29. The lowest BCUT2D eigenvalue weighted by Gasteiger charge is -2.64. The summed E-state index contributed by atoms with van der Waals surface area (Å²) in [4.78, 5) is 4.03. The Hall–Kier alpha value is -1.57. The van der Waals surface area contributed by atoms with E-state index in [2.05, 4.69) is 18.8 Å². The normalized spacial score (nSPS) is 46.8. The van der Waals surface area contributed by atoms with Crippen LogP contribution < -0.4 is 11.5 Å². The topological polar surface area (TPSA) is 127 Å². The van der Waals surface area contributed by atoms with Crippen LogP contribution in [-0.4, -0.2) is 41.0 Å². The van der Waals surface area contributed by atoms with E-state index in [1.165, 1.54) is 0 Å². The van der Waals surface area contributed by atoms with Gasteiger partial charge in [0.2, 0.25) is 0 Å². The molecule has 6 N–H and O–H groups in total. The molecule has 4 aliphatic carbocycles. The predicted molar refractivity (Wildman–Crippen MR) is 126 cm³/mol. The molecule has 33 heavy (non-hydrogen) atoms. The third-order valence-electron chi connectivity index (χ3n) is 10.7. The van der Waals surface area contributed by atoms with Crippen LogP contribution in [0.1, 0.15) is 77.2 Å². The molecule has 0 aromatic carbocycles. The summed E-state index contributed by atoms with van der Waals surface area (Å²) in [5, 5.41) is 24.2. The van der Waals surface area contributed by atoms with Crippen LogP contribution in [0.4, 0.5) is 0 Å². The highest BCUT2D eigenvalue weighted by Crippen LogP contribution is 2.71. The van der Waals surface area contributed by atoms with Gasteiger partial charge < -0.3 is 30.8 Å². The molecule has 1 aromatic rings. The number of fused-ring (bicyclic) bond motifs is 5. The highest BCUT2D eigenvalue weighted by atomic mass is 16.5. The molecule has 0 spiro atoms. The summed E-state index contributed by atoms with van der Waals surface area (Å²) in [6.45, 7) is 5.66. The van der Waals surface area contributed by atoms with Crippen LogP contribution in [-0.2, 0) is 10.3 Å². The van der Waals surface area contributed by atoms with Crippen molar-refractivity contribution in [2.24, 2.45) is 45.0 Å². The average Bonchev–Trinajstić information content (AvgIpc) is 3.39. The number of hydrogen-bond donors (Lipinski definition) is 4. The van der Waals surface area contributed by atoms with Crippen molar-refractivity contribution in [2.45, 2.75) is 88.9 Å². The molecule has 0 aliphatic heterocycles. The monoisotopic (exact) mass is 459 g/mol. The number of ether oxygens (including phenoxy) is 1. The maximum Gasteiger partial charge on any atom is 0.185 e. The fourth-order valence-electron chi connectivity index (χ4n) is 8.71. The number of furan rings is 1. The predicted octanol–water partition coefficient (Wildman–Crippen LogP) is 3.28. The van der Waals surface area contributed by atoms with Gasteiger partial charge in [0.25, 0.3) is 0 Å². The molecule has 4 saturated carbocycles. The van der Waals surface area contributed by atoms with E-state index >= 15 is 0 Å². The number of hydrogen-bond acceptors (Lipinski definition) is 5. The Morgan fingerprint density at radius 3 is 2.64 bits per heavy atom. The number of rotatable bonds is 5. The number of aliphatic hydroxyl groups is 2.